The van der Waals surface area contributed by atoms with Crippen LogP contribution in [0.4, 0.5) is 0 Å². The normalized spacial score (nSPS) is 20.8. The van der Waals surface area contributed by atoms with Gasteiger partial charge < -0.3 is 14.6 Å². The van der Waals surface area contributed by atoms with Gasteiger partial charge in [-0.15, -0.1) is 0 Å². The van der Waals surface area contributed by atoms with Crippen LogP contribution in [0.2, 0.25) is 0 Å². The summed E-state index contributed by atoms with van der Waals surface area (Å²) in [4.78, 5) is 7.09. The van der Waals surface area contributed by atoms with Crippen LogP contribution in [0.1, 0.15) is 50.3 Å². The van der Waals surface area contributed by atoms with E-state index >= 15 is 0 Å². The number of imidazole rings is 1. The molecule has 1 aromatic rings. The lowest BCUT2D eigenvalue weighted by molar-refractivity contribution is 0.198. The third-order valence-corrected chi connectivity index (χ3v) is 4.11. The van der Waals surface area contributed by atoms with Crippen LogP contribution in [0.15, 0.2) is 12.4 Å². The van der Waals surface area contributed by atoms with Crippen molar-refractivity contribution in [1.82, 2.24) is 14.5 Å². The lowest BCUT2D eigenvalue weighted by Gasteiger charge is -2.32. The molecule has 2 heterocycles. The van der Waals surface area contributed by atoms with E-state index in [0.717, 1.165) is 19.4 Å². The summed E-state index contributed by atoms with van der Waals surface area (Å²) in [5.74, 6) is 1.84. The first-order valence-electron chi connectivity index (χ1n) is 7.61. The molecule has 1 N–H and O–H groups in total. The summed E-state index contributed by atoms with van der Waals surface area (Å²) in [6, 6.07) is 0. The molecule has 19 heavy (non-hydrogen) atoms. The molecular weight excluding hydrogens is 238 g/mol. The average Bonchev–Trinajstić information content (AvgIpc) is 2.85. The number of hydrogen-bond acceptors (Lipinski definition) is 3. The van der Waals surface area contributed by atoms with E-state index in [1.54, 1.807) is 0 Å². The average molecular weight is 265 g/mol. The molecule has 0 aliphatic carbocycles. The van der Waals surface area contributed by atoms with Crippen molar-refractivity contribution in [1.29, 1.82) is 0 Å². The number of unbranched alkanes of at least 4 members (excludes halogenated alkanes) is 3. The largest absolute Gasteiger partial charge is 0.396 e. The Morgan fingerprint density at radius 3 is 2.89 bits per heavy atom. The van der Waals surface area contributed by atoms with Crippen molar-refractivity contribution < 1.29 is 5.11 Å². The molecule has 0 spiro atoms. The van der Waals surface area contributed by atoms with E-state index in [1.807, 2.05) is 12.4 Å². The molecular formula is C15H27N3O. The highest BCUT2D eigenvalue weighted by Gasteiger charge is 2.23. The summed E-state index contributed by atoms with van der Waals surface area (Å²) < 4.78 is 2.16. The fourth-order valence-corrected chi connectivity index (χ4v) is 3.04. The molecule has 1 fully saturated rings. The topological polar surface area (TPSA) is 41.3 Å². The monoisotopic (exact) mass is 265 g/mol. The molecule has 0 amide bonds. The number of likely N-dealkylation sites (tertiary alicyclic amines) is 1. The second-order valence-electron chi connectivity index (χ2n) is 5.67. The van der Waals surface area contributed by atoms with Crippen LogP contribution in [0.5, 0.6) is 0 Å². The molecule has 0 bridgehead atoms. The minimum Gasteiger partial charge on any atom is -0.396 e. The number of aromatic nitrogens is 2. The van der Waals surface area contributed by atoms with Crippen molar-refractivity contribution in [2.75, 3.05) is 26.2 Å². The van der Waals surface area contributed by atoms with Gasteiger partial charge >= 0.3 is 0 Å². The van der Waals surface area contributed by atoms with Gasteiger partial charge in [0.1, 0.15) is 5.82 Å². The molecule has 108 valence electrons. The fourth-order valence-electron chi connectivity index (χ4n) is 3.04. The van der Waals surface area contributed by atoms with Crippen molar-refractivity contribution in [2.45, 2.75) is 44.4 Å². The standard InChI is InChI=1S/C15H27N3O/c1-17-11-8-16-15(17)14-7-6-10-18(13-14)9-4-2-3-5-12-19/h8,11,14,19H,2-7,9-10,12-13H2,1H3/t14-/m0/s1. The predicted molar refractivity (Wildman–Crippen MR) is 77.2 cm³/mol. The highest BCUT2D eigenvalue weighted by Crippen LogP contribution is 2.25. The van der Waals surface area contributed by atoms with Gasteiger partial charge in [-0.25, -0.2) is 4.98 Å². The third kappa shape index (κ3) is 4.32. The van der Waals surface area contributed by atoms with Crippen molar-refractivity contribution >= 4 is 0 Å². The summed E-state index contributed by atoms with van der Waals surface area (Å²) in [7, 11) is 2.09. The number of aliphatic hydroxyl groups is 1. The Labute approximate surface area is 116 Å². The van der Waals surface area contributed by atoms with Crippen molar-refractivity contribution in [3.8, 4) is 0 Å². The number of aryl methyl sites for hydroxylation is 1. The first kappa shape index (κ1) is 14.5. The molecule has 4 heteroatoms. The van der Waals surface area contributed by atoms with Gasteiger partial charge in [0.25, 0.3) is 0 Å². The van der Waals surface area contributed by atoms with Crippen LogP contribution in [0, 0.1) is 0 Å². The number of piperidine rings is 1. The zero-order valence-electron chi connectivity index (χ0n) is 12.1. The molecule has 0 saturated carbocycles. The van der Waals surface area contributed by atoms with Gasteiger partial charge in [0.2, 0.25) is 0 Å². The molecule has 4 nitrogen and oxygen atoms in total. The molecule has 1 saturated heterocycles. The Morgan fingerprint density at radius 1 is 1.32 bits per heavy atom. The Hall–Kier alpha value is -0.870. The van der Waals surface area contributed by atoms with Crippen LogP contribution in [0.25, 0.3) is 0 Å². The molecule has 0 unspecified atom stereocenters. The maximum Gasteiger partial charge on any atom is 0.112 e. The van der Waals surface area contributed by atoms with Gasteiger partial charge in [0.15, 0.2) is 0 Å². The Bertz CT molecular complexity index is 364. The van der Waals surface area contributed by atoms with E-state index < -0.39 is 0 Å². The molecule has 1 aliphatic rings. The zero-order chi connectivity index (χ0) is 13.5. The lowest BCUT2D eigenvalue weighted by Crippen LogP contribution is -2.35. The van der Waals surface area contributed by atoms with Gasteiger partial charge in [0, 0.05) is 38.5 Å². The van der Waals surface area contributed by atoms with E-state index in [2.05, 4.69) is 21.5 Å². The highest BCUT2D eigenvalue weighted by molar-refractivity contribution is 5.02. The first-order valence-corrected chi connectivity index (χ1v) is 7.61. The Kier molecular flexibility index (Phi) is 5.86. The Balaban J connectivity index is 1.73. The van der Waals surface area contributed by atoms with Crippen LogP contribution in [-0.4, -0.2) is 45.8 Å². The van der Waals surface area contributed by atoms with Gasteiger partial charge in [-0.2, -0.15) is 0 Å². The number of nitrogens with zero attached hydrogens (tertiary/aromatic N) is 3. The van der Waals surface area contributed by atoms with Crippen molar-refractivity contribution in [3.05, 3.63) is 18.2 Å². The smallest absolute Gasteiger partial charge is 0.112 e. The predicted octanol–water partition coefficient (Wildman–Crippen LogP) is 2.15. The van der Waals surface area contributed by atoms with Gasteiger partial charge in [-0.1, -0.05) is 12.8 Å². The summed E-state index contributed by atoms with van der Waals surface area (Å²) in [5.41, 5.74) is 0. The summed E-state index contributed by atoms with van der Waals surface area (Å²) in [6.45, 7) is 3.93. The van der Waals surface area contributed by atoms with E-state index in [4.69, 9.17) is 5.11 Å². The van der Waals surface area contributed by atoms with Crippen molar-refractivity contribution in [2.24, 2.45) is 7.05 Å². The first-order chi connectivity index (χ1) is 9.31. The zero-order valence-corrected chi connectivity index (χ0v) is 12.1. The number of rotatable bonds is 7. The van der Waals surface area contributed by atoms with Crippen LogP contribution in [-0.2, 0) is 7.05 Å². The van der Waals surface area contributed by atoms with E-state index in [-0.39, 0.29) is 0 Å². The van der Waals surface area contributed by atoms with Gasteiger partial charge in [-0.05, 0) is 38.8 Å². The second kappa shape index (κ2) is 7.65. The maximum atomic E-state index is 8.76. The molecule has 1 aliphatic heterocycles. The van der Waals surface area contributed by atoms with Gasteiger partial charge in [0.05, 0.1) is 0 Å². The summed E-state index contributed by atoms with van der Waals surface area (Å²) >= 11 is 0. The number of aliphatic hydroxyl groups excluding tert-OH is 1. The minimum absolute atomic E-state index is 0.338. The lowest BCUT2D eigenvalue weighted by atomic mass is 9.97. The second-order valence-corrected chi connectivity index (χ2v) is 5.67. The molecule has 1 aromatic heterocycles. The van der Waals surface area contributed by atoms with Crippen LogP contribution < -0.4 is 0 Å². The van der Waals surface area contributed by atoms with Crippen LogP contribution in [0.3, 0.4) is 0 Å². The fraction of sp³-hybridized carbons (Fsp3) is 0.800. The van der Waals surface area contributed by atoms with Gasteiger partial charge in [-0.3, -0.25) is 0 Å². The summed E-state index contributed by atoms with van der Waals surface area (Å²) in [6.07, 6.45) is 11.1. The van der Waals surface area contributed by atoms with Crippen LogP contribution >= 0.6 is 0 Å². The molecule has 2 rings (SSSR count). The maximum absolute atomic E-state index is 8.76. The minimum atomic E-state index is 0.338. The van der Waals surface area contributed by atoms with Crippen molar-refractivity contribution in [3.63, 3.8) is 0 Å². The SMILES string of the molecule is Cn1ccnc1[C@H]1CCCN(CCCCCCO)C1. The number of hydrogen-bond donors (Lipinski definition) is 1. The summed E-state index contributed by atoms with van der Waals surface area (Å²) in [5, 5.41) is 8.76. The molecule has 1 atom stereocenters. The van der Waals surface area contributed by atoms with E-state index in [0.29, 0.717) is 12.5 Å². The molecule has 0 aromatic carbocycles. The van der Waals surface area contributed by atoms with E-state index in [1.165, 1.54) is 44.6 Å². The quantitative estimate of drug-likeness (QED) is 0.768. The van der Waals surface area contributed by atoms with E-state index in [9.17, 15) is 0 Å². The molecule has 0 radical (unpaired) electrons. The third-order valence-electron chi connectivity index (χ3n) is 4.11. The Morgan fingerprint density at radius 2 is 2.16 bits per heavy atom. The highest BCUT2D eigenvalue weighted by atomic mass is 16.2.